The Hall–Kier alpha value is -2.43. The molecule has 0 saturated carbocycles. The minimum atomic E-state index is -0.121. The third-order valence-electron chi connectivity index (χ3n) is 4.79. The van der Waals surface area contributed by atoms with Crippen LogP contribution in [0.25, 0.3) is 10.8 Å². The average Bonchev–Trinajstić information content (AvgIpc) is 2.67. The number of likely N-dealkylation sites (tertiary alicyclic amines) is 1. The molecule has 1 saturated heterocycles. The van der Waals surface area contributed by atoms with Gasteiger partial charge in [-0.15, -0.1) is 0 Å². The van der Waals surface area contributed by atoms with Crippen molar-refractivity contribution in [1.82, 2.24) is 15.2 Å². The maximum atomic E-state index is 13.0. The van der Waals surface area contributed by atoms with Crippen LogP contribution < -0.4 is 5.32 Å². The zero-order chi connectivity index (χ0) is 17.6. The van der Waals surface area contributed by atoms with E-state index in [-0.39, 0.29) is 17.7 Å². The average molecular weight is 339 g/mol. The summed E-state index contributed by atoms with van der Waals surface area (Å²) >= 11 is 0. The lowest BCUT2D eigenvalue weighted by atomic mass is 9.96. The summed E-state index contributed by atoms with van der Waals surface area (Å²) in [7, 11) is 0. The summed E-state index contributed by atoms with van der Waals surface area (Å²) in [6, 6.07) is 9.68. The number of fused-ring (bicyclic) bond motifs is 1. The van der Waals surface area contributed by atoms with Gasteiger partial charge in [-0.25, -0.2) is 0 Å². The van der Waals surface area contributed by atoms with Crippen LogP contribution in [0.2, 0.25) is 0 Å². The van der Waals surface area contributed by atoms with E-state index in [1.54, 1.807) is 11.1 Å². The van der Waals surface area contributed by atoms with Gasteiger partial charge in [-0.1, -0.05) is 37.6 Å². The fourth-order valence-corrected chi connectivity index (χ4v) is 3.35. The maximum Gasteiger partial charge on any atom is 0.273 e. The molecule has 1 aliphatic rings. The van der Waals surface area contributed by atoms with Crippen molar-refractivity contribution in [3.63, 3.8) is 0 Å². The lowest BCUT2D eigenvalue weighted by molar-refractivity contribution is -0.126. The van der Waals surface area contributed by atoms with Crippen LogP contribution in [-0.4, -0.2) is 41.3 Å². The molecule has 1 aliphatic heterocycles. The fraction of sp³-hybridized carbons (Fsp3) is 0.450. The summed E-state index contributed by atoms with van der Waals surface area (Å²) in [4.78, 5) is 31.4. The van der Waals surface area contributed by atoms with Crippen LogP contribution in [0.5, 0.6) is 0 Å². The Labute approximate surface area is 148 Å². The van der Waals surface area contributed by atoms with Gasteiger partial charge >= 0.3 is 0 Å². The number of nitrogens with zero attached hydrogens (tertiary/aromatic N) is 2. The molecule has 1 aromatic carbocycles. The number of rotatable bonds is 5. The van der Waals surface area contributed by atoms with Crippen LogP contribution in [0.3, 0.4) is 0 Å². The molecule has 25 heavy (non-hydrogen) atoms. The summed E-state index contributed by atoms with van der Waals surface area (Å²) in [5.74, 6) is -0.135. The van der Waals surface area contributed by atoms with Gasteiger partial charge in [0.2, 0.25) is 5.91 Å². The number of hydrogen-bond acceptors (Lipinski definition) is 3. The molecule has 1 N–H and O–H groups in total. The van der Waals surface area contributed by atoms with Gasteiger partial charge < -0.3 is 10.2 Å². The molecule has 2 amide bonds. The predicted octanol–water partition coefficient (Wildman–Crippen LogP) is 3.00. The maximum absolute atomic E-state index is 13.0. The van der Waals surface area contributed by atoms with E-state index in [4.69, 9.17) is 0 Å². The Morgan fingerprint density at radius 3 is 2.96 bits per heavy atom. The van der Waals surface area contributed by atoms with Gasteiger partial charge in [0.25, 0.3) is 5.91 Å². The highest BCUT2D eigenvalue weighted by atomic mass is 16.2. The lowest BCUT2D eigenvalue weighted by Gasteiger charge is -2.32. The first kappa shape index (κ1) is 17.4. The first-order valence-corrected chi connectivity index (χ1v) is 9.11. The van der Waals surface area contributed by atoms with Gasteiger partial charge in [-0.2, -0.15) is 0 Å². The fourth-order valence-electron chi connectivity index (χ4n) is 3.35. The summed E-state index contributed by atoms with van der Waals surface area (Å²) < 4.78 is 0. The molecule has 0 bridgehead atoms. The van der Waals surface area contributed by atoms with Gasteiger partial charge in [-0.3, -0.25) is 14.6 Å². The zero-order valence-corrected chi connectivity index (χ0v) is 14.7. The number of pyridine rings is 1. The molecular formula is C20H25N3O2. The lowest BCUT2D eigenvalue weighted by Crippen LogP contribution is -2.45. The predicted molar refractivity (Wildman–Crippen MR) is 98.3 cm³/mol. The van der Waals surface area contributed by atoms with E-state index in [1.165, 1.54) is 0 Å². The molecule has 5 nitrogen and oxygen atoms in total. The van der Waals surface area contributed by atoms with Crippen LogP contribution in [0.15, 0.2) is 36.5 Å². The van der Waals surface area contributed by atoms with Crippen LogP contribution in [0.1, 0.15) is 43.1 Å². The Morgan fingerprint density at radius 2 is 2.12 bits per heavy atom. The highest BCUT2D eigenvalue weighted by Crippen LogP contribution is 2.22. The monoisotopic (exact) mass is 339 g/mol. The molecule has 132 valence electrons. The van der Waals surface area contributed by atoms with Crippen molar-refractivity contribution in [3.05, 3.63) is 42.2 Å². The molecule has 1 fully saturated rings. The Morgan fingerprint density at radius 1 is 1.28 bits per heavy atom. The van der Waals surface area contributed by atoms with Gasteiger partial charge in [-0.05, 0) is 30.7 Å². The molecule has 2 heterocycles. The number of benzene rings is 1. The van der Waals surface area contributed by atoms with Crippen molar-refractivity contribution >= 4 is 22.6 Å². The van der Waals surface area contributed by atoms with E-state index in [0.717, 1.165) is 36.5 Å². The SMILES string of the molecule is CCCCNC(=O)C1CCCN(C(=O)c2nccc3ccccc23)C1. The van der Waals surface area contributed by atoms with Crippen molar-refractivity contribution in [3.8, 4) is 0 Å². The number of carbonyl (C=O) groups is 2. The quantitative estimate of drug-likeness (QED) is 0.852. The van der Waals surface area contributed by atoms with E-state index in [1.807, 2.05) is 30.3 Å². The van der Waals surface area contributed by atoms with Crippen LogP contribution in [0, 0.1) is 5.92 Å². The zero-order valence-electron chi connectivity index (χ0n) is 14.7. The van der Waals surface area contributed by atoms with Crippen molar-refractivity contribution in [2.45, 2.75) is 32.6 Å². The number of piperidine rings is 1. The number of hydrogen-bond donors (Lipinski definition) is 1. The normalized spacial score (nSPS) is 17.5. The molecular weight excluding hydrogens is 314 g/mol. The molecule has 0 aliphatic carbocycles. The Kier molecular flexibility index (Phi) is 5.64. The first-order chi connectivity index (χ1) is 12.2. The second-order valence-electron chi connectivity index (χ2n) is 6.62. The van der Waals surface area contributed by atoms with Gasteiger partial charge in [0.15, 0.2) is 0 Å². The number of amides is 2. The Balaban J connectivity index is 1.72. The molecule has 1 aromatic heterocycles. The molecule has 2 aromatic rings. The van der Waals surface area contributed by atoms with Gasteiger partial charge in [0.1, 0.15) is 5.69 Å². The first-order valence-electron chi connectivity index (χ1n) is 9.11. The number of nitrogens with one attached hydrogen (secondary N) is 1. The minimum absolute atomic E-state index is 0.0665. The van der Waals surface area contributed by atoms with Crippen molar-refractivity contribution in [2.75, 3.05) is 19.6 Å². The molecule has 5 heteroatoms. The van der Waals surface area contributed by atoms with Crippen LogP contribution in [-0.2, 0) is 4.79 Å². The smallest absolute Gasteiger partial charge is 0.273 e. The summed E-state index contributed by atoms with van der Waals surface area (Å²) in [6.07, 6.45) is 5.41. The molecule has 0 radical (unpaired) electrons. The summed E-state index contributed by atoms with van der Waals surface area (Å²) in [5, 5.41) is 4.86. The second-order valence-corrected chi connectivity index (χ2v) is 6.62. The number of unbranched alkanes of at least 4 members (excludes halogenated alkanes) is 1. The topological polar surface area (TPSA) is 62.3 Å². The second kappa shape index (κ2) is 8.10. The molecule has 1 atom stereocenters. The molecule has 3 rings (SSSR count). The minimum Gasteiger partial charge on any atom is -0.356 e. The van der Waals surface area contributed by atoms with Crippen LogP contribution in [0.4, 0.5) is 0 Å². The third kappa shape index (κ3) is 3.98. The largest absolute Gasteiger partial charge is 0.356 e. The standard InChI is InChI=1S/C20H25N3O2/c1-2-3-11-22-19(24)16-8-6-13-23(14-16)20(25)18-17-9-5-4-7-15(17)10-12-21-18/h4-5,7,9-10,12,16H,2-3,6,8,11,13-14H2,1H3,(H,22,24). The van der Waals surface area contributed by atoms with Crippen molar-refractivity contribution in [2.24, 2.45) is 5.92 Å². The number of carbonyl (C=O) groups excluding carboxylic acids is 2. The summed E-state index contributed by atoms with van der Waals surface area (Å²) in [6.45, 7) is 3.97. The van der Waals surface area contributed by atoms with E-state index < -0.39 is 0 Å². The third-order valence-corrected chi connectivity index (χ3v) is 4.79. The highest BCUT2D eigenvalue weighted by Gasteiger charge is 2.29. The van der Waals surface area contributed by atoms with Crippen molar-refractivity contribution < 1.29 is 9.59 Å². The number of aromatic nitrogens is 1. The van der Waals surface area contributed by atoms with Gasteiger partial charge in [0, 0.05) is 31.2 Å². The van der Waals surface area contributed by atoms with E-state index in [0.29, 0.717) is 25.3 Å². The Bertz CT molecular complexity index is 754. The van der Waals surface area contributed by atoms with E-state index in [9.17, 15) is 9.59 Å². The highest BCUT2D eigenvalue weighted by molar-refractivity contribution is 6.05. The molecule has 1 unspecified atom stereocenters. The van der Waals surface area contributed by atoms with Crippen molar-refractivity contribution in [1.29, 1.82) is 0 Å². The van der Waals surface area contributed by atoms with E-state index in [2.05, 4.69) is 17.2 Å². The summed E-state index contributed by atoms with van der Waals surface area (Å²) in [5.41, 5.74) is 0.477. The van der Waals surface area contributed by atoms with E-state index >= 15 is 0 Å². The van der Waals surface area contributed by atoms with Crippen LogP contribution >= 0.6 is 0 Å². The van der Waals surface area contributed by atoms with Gasteiger partial charge in [0.05, 0.1) is 5.92 Å². The molecule has 0 spiro atoms.